The summed E-state index contributed by atoms with van der Waals surface area (Å²) < 4.78 is 64.5. The van der Waals surface area contributed by atoms with Crippen molar-refractivity contribution < 1.29 is 21.6 Å². The van der Waals surface area contributed by atoms with E-state index in [1.807, 2.05) is 0 Å². The van der Waals surface area contributed by atoms with Gasteiger partial charge in [-0.25, -0.2) is 13.1 Å². The third-order valence-electron chi connectivity index (χ3n) is 2.43. The fraction of sp³-hybridized carbons (Fsp3) is 0.455. The van der Waals surface area contributed by atoms with Gasteiger partial charge in [0.15, 0.2) is 0 Å². The molecule has 0 heterocycles. The Balaban J connectivity index is 0.00000400. The highest BCUT2D eigenvalue weighted by Crippen LogP contribution is 2.33. The monoisotopic (exact) mass is 410 g/mol. The third kappa shape index (κ3) is 5.74. The summed E-state index contributed by atoms with van der Waals surface area (Å²) in [5.74, 6) is 0. The van der Waals surface area contributed by atoms with Crippen LogP contribution in [0.15, 0.2) is 27.6 Å². The summed E-state index contributed by atoms with van der Waals surface area (Å²) in [5, 5.41) is 0. The summed E-state index contributed by atoms with van der Waals surface area (Å²) in [6.07, 6.45) is -4.63. The van der Waals surface area contributed by atoms with Crippen molar-refractivity contribution in [3.8, 4) is 0 Å². The van der Waals surface area contributed by atoms with E-state index < -0.39 is 32.2 Å². The van der Waals surface area contributed by atoms with E-state index in [0.29, 0.717) is 6.07 Å². The van der Waals surface area contributed by atoms with Gasteiger partial charge in [0.25, 0.3) is 0 Å². The first-order valence-electron chi connectivity index (χ1n) is 5.49. The Bertz CT molecular complexity index is 606. The van der Waals surface area contributed by atoms with E-state index in [4.69, 9.17) is 5.73 Å². The molecule has 0 atom stereocenters. The third-order valence-corrected chi connectivity index (χ3v) is 4.57. The molecule has 0 aliphatic carbocycles. The Morgan fingerprint density at radius 1 is 1.24 bits per heavy atom. The first-order chi connectivity index (χ1) is 8.87. The van der Waals surface area contributed by atoms with Crippen LogP contribution >= 0.6 is 28.3 Å². The molecule has 0 amide bonds. The molecule has 0 aliphatic heterocycles. The van der Waals surface area contributed by atoms with Crippen LogP contribution in [0.5, 0.6) is 0 Å². The molecule has 4 nitrogen and oxygen atoms in total. The molecule has 1 rings (SSSR count). The summed E-state index contributed by atoms with van der Waals surface area (Å²) in [7, 11) is -4.10. The van der Waals surface area contributed by atoms with Crippen LogP contribution in [-0.4, -0.2) is 20.5 Å². The Kier molecular flexibility index (Phi) is 6.71. The minimum atomic E-state index is -4.63. The average molecular weight is 412 g/mol. The zero-order chi connectivity index (χ0) is 15.8. The normalized spacial score (nSPS) is 12.9. The van der Waals surface area contributed by atoms with Crippen molar-refractivity contribution in [2.24, 2.45) is 5.73 Å². The molecule has 0 saturated carbocycles. The zero-order valence-corrected chi connectivity index (χ0v) is 14.4. The van der Waals surface area contributed by atoms with Gasteiger partial charge in [0.05, 0.1) is 10.5 Å². The van der Waals surface area contributed by atoms with E-state index in [1.165, 1.54) is 13.8 Å². The number of nitrogens with two attached hydrogens (primary N) is 1. The van der Waals surface area contributed by atoms with Crippen molar-refractivity contribution in [1.82, 2.24) is 4.72 Å². The van der Waals surface area contributed by atoms with Crippen LogP contribution in [0.3, 0.4) is 0 Å². The SMILES string of the molecule is CC(C)(CN)NS(=O)(=O)c1cc(Br)cc(C(F)(F)F)c1.Cl. The van der Waals surface area contributed by atoms with Crippen LogP contribution in [0.1, 0.15) is 19.4 Å². The van der Waals surface area contributed by atoms with Crippen LogP contribution < -0.4 is 10.5 Å². The second kappa shape index (κ2) is 6.82. The van der Waals surface area contributed by atoms with Gasteiger partial charge in [0.2, 0.25) is 10.0 Å². The molecule has 1 aromatic rings. The maximum absolute atomic E-state index is 12.7. The second-order valence-electron chi connectivity index (χ2n) is 4.87. The lowest BCUT2D eigenvalue weighted by Crippen LogP contribution is -2.48. The van der Waals surface area contributed by atoms with Gasteiger partial charge < -0.3 is 5.73 Å². The Morgan fingerprint density at radius 3 is 2.19 bits per heavy atom. The number of alkyl halides is 3. The van der Waals surface area contributed by atoms with Crippen LogP contribution in [-0.2, 0) is 16.2 Å². The molecule has 3 N–H and O–H groups in total. The molecule has 1 aromatic carbocycles. The minimum absolute atomic E-state index is 0. The lowest BCUT2D eigenvalue weighted by molar-refractivity contribution is -0.137. The maximum atomic E-state index is 12.7. The number of sulfonamides is 1. The Labute approximate surface area is 135 Å². The highest BCUT2D eigenvalue weighted by molar-refractivity contribution is 9.10. The first-order valence-corrected chi connectivity index (χ1v) is 7.77. The molecular weight excluding hydrogens is 397 g/mol. The van der Waals surface area contributed by atoms with E-state index >= 15 is 0 Å². The standard InChI is InChI=1S/C11H14BrF3N2O2S.ClH/c1-10(2,6-16)17-20(18,19)9-4-7(11(13,14)15)3-8(12)5-9;/h3-5,17H,6,16H2,1-2H3;1H. The highest BCUT2D eigenvalue weighted by atomic mass is 79.9. The molecule has 10 heteroatoms. The number of benzene rings is 1. The largest absolute Gasteiger partial charge is 0.416 e. The Morgan fingerprint density at radius 2 is 1.76 bits per heavy atom. The first kappa shape index (κ1) is 20.6. The molecule has 0 fully saturated rings. The van der Waals surface area contributed by atoms with Crippen molar-refractivity contribution in [3.63, 3.8) is 0 Å². The van der Waals surface area contributed by atoms with Gasteiger partial charge in [-0.15, -0.1) is 12.4 Å². The van der Waals surface area contributed by atoms with E-state index in [9.17, 15) is 21.6 Å². The fourth-order valence-electron chi connectivity index (χ4n) is 1.35. The summed E-state index contributed by atoms with van der Waals surface area (Å²) in [6, 6.07) is 2.50. The van der Waals surface area contributed by atoms with Gasteiger partial charge in [0, 0.05) is 16.6 Å². The van der Waals surface area contributed by atoms with Gasteiger partial charge in [0.1, 0.15) is 0 Å². The summed E-state index contributed by atoms with van der Waals surface area (Å²) in [5.41, 5.74) is 3.40. The second-order valence-corrected chi connectivity index (χ2v) is 7.46. The maximum Gasteiger partial charge on any atom is 0.416 e. The number of nitrogens with one attached hydrogen (secondary N) is 1. The topological polar surface area (TPSA) is 72.2 Å². The van der Waals surface area contributed by atoms with Crippen molar-refractivity contribution in [2.75, 3.05) is 6.54 Å². The zero-order valence-electron chi connectivity index (χ0n) is 11.2. The van der Waals surface area contributed by atoms with Crippen molar-refractivity contribution in [3.05, 3.63) is 28.2 Å². The fourth-order valence-corrected chi connectivity index (χ4v) is 3.48. The van der Waals surface area contributed by atoms with Crippen molar-refractivity contribution in [1.29, 1.82) is 0 Å². The molecule has 21 heavy (non-hydrogen) atoms. The highest BCUT2D eigenvalue weighted by Gasteiger charge is 2.33. The lowest BCUT2D eigenvalue weighted by atomic mass is 10.1. The van der Waals surface area contributed by atoms with Gasteiger partial charge in [-0.05, 0) is 32.0 Å². The molecule has 0 bridgehead atoms. The summed E-state index contributed by atoms with van der Waals surface area (Å²) >= 11 is 2.88. The van der Waals surface area contributed by atoms with Gasteiger partial charge in [-0.1, -0.05) is 15.9 Å². The van der Waals surface area contributed by atoms with Gasteiger partial charge in [-0.2, -0.15) is 13.2 Å². The molecule has 0 aliphatic rings. The van der Waals surface area contributed by atoms with Crippen LogP contribution in [0.25, 0.3) is 0 Å². The quantitative estimate of drug-likeness (QED) is 0.800. The predicted molar refractivity (Wildman–Crippen MR) is 79.8 cm³/mol. The average Bonchev–Trinajstić information content (AvgIpc) is 2.25. The molecule has 0 spiro atoms. The van der Waals surface area contributed by atoms with Crippen LogP contribution in [0, 0.1) is 0 Å². The van der Waals surface area contributed by atoms with Crippen LogP contribution in [0.4, 0.5) is 13.2 Å². The molecule has 122 valence electrons. The molecule has 0 saturated heterocycles. The van der Waals surface area contributed by atoms with Crippen molar-refractivity contribution in [2.45, 2.75) is 30.5 Å². The predicted octanol–water partition coefficient (Wildman–Crippen LogP) is 2.91. The smallest absolute Gasteiger partial charge is 0.329 e. The number of rotatable bonds is 4. The molecule has 0 radical (unpaired) electrons. The Hall–Kier alpha value is -0.350. The van der Waals surface area contributed by atoms with Gasteiger partial charge >= 0.3 is 6.18 Å². The van der Waals surface area contributed by atoms with Crippen LogP contribution in [0.2, 0.25) is 0 Å². The molecule has 0 aromatic heterocycles. The van der Waals surface area contributed by atoms with E-state index in [2.05, 4.69) is 20.7 Å². The summed E-state index contributed by atoms with van der Waals surface area (Å²) in [6.45, 7) is 3.08. The van der Waals surface area contributed by atoms with E-state index in [1.54, 1.807) is 0 Å². The summed E-state index contributed by atoms with van der Waals surface area (Å²) in [4.78, 5) is -0.472. The number of hydrogen-bond donors (Lipinski definition) is 2. The van der Waals surface area contributed by atoms with Gasteiger partial charge in [-0.3, -0.25) is 0 Å². The molecular formula is C11H15BrClF3N2O2S. The van der Waals surface area contributed by atoms with E-state index in [-0.39, 0.29) is 23.4 Å². The minimum Gasteiger partial charge on any atom is -0.329 e. The van der Waals surface area contributed by atoms with Crippen molar-refractivity contribution >= 4 is 38.4 Å². The number of hydrogen-bond acceptors (Lipinski definition) is 3. The lowest BCUT2D eigenvalue weighted by Gasteiger charge is -2.24. The molecule has 0 unspecified atom stereocenters. The van der Waals surface area contributed by atoms with E-state index in [0.717, 1.165) is 12.1 Å². The number of halogens is 5.